The molecule has 21 N–H and O–H groups in total. The number of nitrogens with one attached hydrogen (secondary N) is 9. The molecule has 35 nitrogen and oxygen atoms in total. The fraction of sp³-hybridized carbons (Fsp3) is 0.464. The quantitative estimate of drug-likeness (QED) is 0.0203. The molecule has 4 aromatic carbocycles. The number of urea groups is 1. The number of halogens is 1. The van der Waals surface area contributed by atoms with Gasteiger partial charge in [0.15, 0.2) is 0 Å². The standard InChI is InChI=1S/C69H93ClN16O19S2/c1-40(87)60-68(104)81-55(66(102)77-50(61(72)97)30-43-9-17-47(88)18-10-43)39-107-106-38-54(67(103)79-53(33-44-11-19-48(89)20-12-44)65(101)78-52(32-42-7-15-46(16-8-42)74-69(73)105)64(100)76-49(62(98)82-60)4-2-3-21-71)80-63(99)51(31-41-5-13-45(70)14-6-41)75-56(90)34-83-22-24-84(35-57(91)92)26-28-86(37-59(95)96)29-27-85(25-23-83)36-58(93)94/h5-20,40,49-55,60,87-89H,2-4,21-39,71H2,1H3,(H2,72,97)(H,75,90)(H,76,100)(H,77,102)(H,78,101)(H,79,103)(H,80,99)(H,81,104)(H,82,98)(H,91,92)(H,93,94)(H,95,96)(H3,73,74,105)/t40-,49+,50-,51+,52-,53+,54-,55+,60+/m1/s1. The van der Waals surface area contributed by atoms with Gasteiger partial charge in [0.25, 0.3) is 0 Å². The van der Waals surface area contributed by atoms with Crippen LogP contribution in [0.25, 0.3) is 0 Å². The van der Waals surface area contributed by atoms with Crippen molar-refractivity contribution in [3.8, 4) is 11.5 Å². The Morgan fingerprint density at radius 1 is 0.533 bits per heavy atom. The van der Waals surface area contributed by atoms with Gasteiger partial charge >= 0.3 is 23.9 Å². The molecule has 2 heterocycles. The van der Waals surface area contributed by atoms with Crippen LogP contribution in [-0.4, -0.2) is 278 Å². The van der Waals surface area contributed by atoms with Gasteiger partial charge in [0.05, 0.1) is 32.3 Å². The van der Waals surface area contributed by atoms with Gasteiger partial charge in [-0.3, -0.25) is 77.1 Å². The van der Waals surface area contributed by atoms with E-state index >= 15 is 14.4 Å². The molecule has 9 atom stereocenters. The Bertz CT molecular complexity index is 3670. The Labute approximate surface area is 629 Å². The second kappa shape index (κ2) is 43.7. The van der Waals surface area contributed by atoms with E-state index in [-0.39, 0.29) is 115 Å². The minimum atomic E-state index is -1.85. The normalized spacial score (nSPS) is 20.7. The maximum Gasteiger partial charge on any atom is 0.317 e. The van der Waals surface area contributed by atoms with Gasteiger partial charge in [0, 0.05) is 100 Å². The van der Waals surface area contributed by atoms with Crippen molar-refractivity contribution in [2.24, 2.45) is 17.2 Å². The van der Waals surface area contributed by atoms with Crippen molar-refractivity contribution in [3.05, 3.63) is 124 Å². The molecule has 11 amide bonds. The second-order valence-corrected chi connectivity index (χ2v) is 28.7. The third kappa shape index (κ3) is 30.9. The van der Waals surface area contributed by atoms with Crippen LogP contribution in [0.1, 0.15) is 48.4 Å². The Morgan fingerprint density at radius 3 is 1.43 bits per heavy atom. The molecule has 0 spiro atoms. The summed E-state index contributed by atoms with van der Waals surface area (Å²) in [5.74, 6) is -13.6. The number of carbonyl (C=O) groups excluding carboxylic acids is 10. The Balaban J connectivity index is 1.43. The molecular weight excluding hydrogens is 1460 g/mol. The predicted octanol–water partition coefficient (Wildman–Crippen LogP) is -2.74. The number of hydrogen-bond donors (Lipinski definition) is 18. The van der Waals surface area contributed by atoms with Crippen LogP contribution in [0.3, 0.4) is 0 Å². The number of aliphatic carboxylic acids is 3. The molecule has 0 aliphatic carbocycles. The van der Waals surface area contributed by atoms with E-state index in [4.69, 9.17) is 28.8 Å². The van der Waals surface area contributed by atoms with E-state index in [1.54, 1.807) is 31.7 Å². The number of unbranched alkanes of at least 4 members (excludes halogenated alkanes) is 1. The molecule has 0 aromatic heterocycles. The number of aromatic hydroxyl groups is 2. The molecule has 2 aliphatic rings. The second-order valence-electron chi connectivity index (χ2n) is 25.7. The van der Waals surface area contributed by atoms with Crippen molar-refractivity contribution in [3.63, 3.8) is 0 Å². The number of phenolic OH excluding ortho intramolecular Hbond substituents is 2. The number of nitrogens with zero attached hydrogens (tertiary/aromatic N) is 4. The van der Waals surface area contributed by atoms with Gasteiger partial charge < -0.3 is 95.7 Å². The van der Waals surface area contributed by atoms with Crippen molar-refractivity contribution >= 4 is 116 Å². The summed E-state index contributed by atoms with van der Waals surface area (Å²) in [6.07, 6.45) is -2.40. The molecule has 2 fully saturated rings. The van der Waals surface area contributed by atoms with Crippen molar-refractivity contribution in [1.82, 2.24) is 62.1 Å². The highest BCUT2D eigenvalue weighted by Gasteiger charge is 2.38. The van der Waals surface area contributed by atoms with Crippen LogP contribution in [0.4, 0.5) is 10.5 Å². The first-order valence-corrected chi connectivity index (χ1v) is 37.1. The van der Waals surface area contributed by atoms with Crippen LogP contribution in [-0.2, 0) is 83.2 Å². The maximum absolute atomic E-state index is 15.4. The largest absolute Gasteiger partial charge is 0.508 e. The monoisotopic (exact) mass is 1550 g/mol. The topological polar surface area (TPSA) is 543 Å². The van der Waals surface area contributed by atoms with Crippen molar-refractivity contribution in [1.29, 1.82) is 0 Å². The van der Waals surface area contributed by atoms with E-state index in [0.29, 0.717) is 33.7 Å². The lowest BCUT2D eigenvalue weighted by atomic mass is 10.0. The lowest BCUT2D eigenvalue weighted by Crippen LogP contribution is -2.62. The lowest BCUT2D eigenvalue weighted by Gasteiger charge is -2.33. The zero-order valence-electron chi connectivity index (χ0n) is 58.7. The number of benzene rings is 4. The summed E-state index contributed by atoms with van der Waals surface area (Å²) in [4.78, 5) is 186. The number of primary amides is 2. The Morgan fingerprint density at radius 2 is 0.963 bits per heavy atom. The first kappa shape index (κ1) is 86.1. The molecule has 0 bridgehead atoms. The zero-order chi connectivity index (χ0) is 78.3. The zero-order valence-corrected chi connectivity index (χ0v) is 61.1. The van der Waals surface area contributed by atoms with Crippen LogP contribution in [0.15, 0.2) is 97.1 Å². The van der Waals surface area contributed by atoms with Crippen molar-refractivity contribution in [2.75, 3.05) is 102 Å². The summed E-state index contributed by atoms with van der Waals surface area (Å²) >= 11 is 6.29. The number of aliphatic hydroxyl groups excluding tert-OH is 1. The van der Waals surface area contributed by atoms with Crippen molar-refractivity contribution in [2.45, 2.75) is 106 Å². The van der Waals surface area contributed by atoms with Gasteiger partial charge in [-0.25, -0.2) is 4.79 Å². The number of carboxylic acid groups (broad SMARTS) is 3. The van der Waals surface area contributed by atoms with Crippen LogP contribution in [0, 0.1) is 0 Å². The van der Waals surface area contributed by atoms with E-state index in [1.807, 2.05) is 0 Å². The Hall–Kier alpha value is -9.86. The highest BCUT2D eigenvalue weighted by atomic mass is 35.5. The minimum absolute atomic E-state index is 0.0183. The summed E-state index contributed by atoms with van der Waals surface area (Å²) in [6, 6.07) is 9.44. The molecule has 6 rings (SSSR count). The van der Waals surface area contributed by atoms with Gasteiger partial charge in [-0.05, 0) is 104 Å². The lowest BCUT2D eigenvalue weighted by molar-refractivity contribution is -0.140. The summed E-state index contributed by atoms with van der Waals surface area (Å²) < 4.78 is 0. The number of nitrogens with two attached hydrogens (primary N) is 3. The molecule has 0 radical (unpaired) electrons. The summed E-state index contributed by atoms with van der Waals surface area (Å²) in [6.45, 7) is 0.0299. The summed E-state index contributed by atoms with van der Waals surface area (Å²) in [5, 5.41) is 84.7. The Kier molecular flexibility index (Phi) is 35.1. The molecule has 38 heteroatoms. The van der Waals surface area contributed by atoms with Crippen LogP contribution < -0.4 is 65.1 Å². The number of phenols is 2. The van der Waals surface area contributed by atoms with Gasteiger partial charge in [-0.1, -0.05) is 81.7 Å². The highest BCUT2D eigenvalue weighted by Crippen LogP contribution is 2.25. The number of anilines is 1. The van der Waals surface area contributed by atoms with E-state index in [1.165, 1.54) is 91.9 Å². The molecule has 4 aromatic rings. The SMILES string of the molecule is C[C@@H](O)[C@@H]1NC(=O)[C@H](CCCCN)NC(=O)[C@@H](Cc2ccc(NC(N)=O)cc2)NC(=O)[C@H](Cc2ccc(O)cc2)NC(=O)[C@H](NC(=O)[C@H](Cc2ccc(Cl)cc2)NC(=O)CN2CCN(CC(=O)O)CCN(CC(=O)O)CCN(CC(=O)O)CC2)CSSC[C@@H](C(=O)N[C@H](Cc2ccc(O)cc2)C(N)=O)NC1=O. The van der Waals surface area contributed by atoms with Crippen LogP contribution in [0.5, 0.6) is 11.5 Å². The van der Waals surface area contributed by atoms with Gasteiger partial charge in [0.2, 0.25) is 53.2 Å². The fourth-order valence-corrected chi connectivity index (χ4v) is 13.9. The number of carbonyl (C=O) groups is 13. The smallest absolute Gasteiger partial charge is 0.317 e. The minimum Gasteiger partial charge on any atom is -0.508 e. The average Bonchev–Trinajstić information content (AvgIpc) is 0.843. The van der Waals surface area contributed by atoms with Gasteiger partial charge in [-0.2, -0.15) is 0 Å². The van der Waals surface area contributed by atoms with Crippen molar-refractivity contribution < 1.29 is 93.0 Å². The van der Waals surface area contributed by atoms with Gasteiger partial charge in [-0.15, -0.1) is 0 Å². The molecule has 2 aliphatic heterocycles. The first-order valence-electron chi connectivity index (χ1n) is 34.2. The highest BCUT2D eigenvalue weighted by molar-refractivity contribution is 8.76. The summed E-state index contributed by atoms with van der Waals surface area (Å²) in [5.41, 5.74) is 18.9. The predicted molar refractivity (Wildman–Crippen MR) is 395 cm³/mol. The number of amides is 11. The first-order chi connectivity index (χ1) is 50.9. The molecular formula is C69H93ClN16O19S2. The fourth-order valence-electron chi connectivity index (χ4n) is 11.4. The molecule has 582 valence electrons. The third-order valence-electron chi connectivity index (χ3n) is 17.2. The van der Waals surface area contributed by atoms with E-state index in [9.17, 15) is 78.6 Å². The third-order valence-corrected chi connectivity index (χ3v) is 19.9. The van der Waals surface area contributed by atoms with Crippen LogP contribution >= 0.6 is 33.2 Å². The van der Waals surface area contributed by atoms with Crippen LogP contribution in [0.2, 0.25) is 5.02 Å². The molecule has 107 heavy (non-hydrogen) atoms. The molecule has 0 saturated carbocycles. The summed E-state index contributed by atoms with van der Waals surface area (Å²) in [7, 11) is 1.70. The molecule has 0 unspecified atom stereocenters. The number of carboxylic acids is 3. The van der Waals surface area contributed by atoms with E-state index < -0.39 is 169 Å². The number of hydrogen-bond acceptors (Lipinski definition) is 23. The van der Waals surface area contributed by atoms with E-state index in [0.717, 1.165) is 21.6 Å². The average molecular weight is 1550 g/mol. The van der Waals surface area contributed by atoms with Gasteiger partial charge in [0.1, 0.15) is 59.8 Å². The maximum atomic E-state index is 15.4. The number of rotatable bonds is 28. The van der Waals surface area contributed by atoms with E-state index in [2.05, 4.69) is 47.9 Å². The molecule has 2 saturated heterocycles. The number of aliphatic hydroxyl groups is 1.